The maximum absolute atomic E-state index is 13.6. The number of carbonyl (C=O) groups excluding carboxylic acids is 2. The van der Waals surface area contributed by atoms with Crippen LogP contribution in [-0.4, -0.2) is 23.9 Å². The molecule has 0 saturated carbocycles. The molecule has 0 radical (unpaired) electrons. The number of carbonyl (C=O) groups is 2. The summed E-state index contributed by atoms with van der Waals surface area (Å²) in [6.45, 7) is 8.11. The van der Waals surface area contributed by atoms with Crippen LogP contribution in [0.1, 0.15) is 49.1 Å². The van der Waals surface area contributed by atoms with E-state index < -0.39 is 17.7 Å². The minimum Gasteiger partial charge on any atom is -0.507 e. The zero-order chi connectivity index (χ0) is 29.3. The molecule has 0 spiro atoms. The number of rotatable bonds is 6. The Labute approximate surface area is 240 Å². The zero-order valence-corrected chi connectivity index (χ0v) is 23.9. The molecule has 0 bridgehead atoms. The molecule has 1 saturated heterocycles. The van der Waals surface area contributed by atoms with Gasteiger partial charge >= 0.3 is 0 Å². The van der Waals surface area contributed by atoms with Crippen molar-refractivity contribution in [1.29, 1.82) is 0 Å². The Bertz CT molecular complexity index is 1630. The second-order valence-corrected chi connectivity index (χ2v) is 11.3. The summed E-state index contributed by atoms with van der Waals surface area (Å²) < 4.78 is 5.56. The maximum Gasteiger partial charge on any atom is 0.300 e. The summed E-state index contributed by atoms with van der Waals surface area (Å²) in [6.07, 6.45) is 0. The lowest BCUT2D eigenvalue weighted by atomic mass is 9.84. The fourth-order valence-electron chi connectivity index (χ4n) is 5.24. The number of aryl methyl sites for hydroxylation is 1. The van der Waals surface area contributed by atoms with Gasteiger partial charge in [-0.1, -0.05) is 68.8 Å². The number of Topliss-reactive ketones (excluding diaryl/α,β-unsaturated/α-hetero) is 1. The number of hydrogen-bond donors (Lipinski definition) is 2. The lowest BCUT2D eigenvalue weighted by Crippen LogP contribution is -2.29. The molecule has 1 unspecified atom stereocenters. The molecule has 1 aliphatic rings. The first kappa shape index (κ1) is 27.7. The molecule has 1 fully saturated rings. The number of benzene rings is 4. The molecule has 2 N–H and O–H groups in total. The molecule has 1 atom stereocenters. The minimum atomic E-state index is -0.803. The fraction of sp³-hybridized carbons (Fsp3) is 0.200. The Morgan fingerprint density at radius 3 is 2.17 bits per heavy atom. The van der Waals surface area contributed by atoms with Crippen LogP contribution in [0.3, 0.4) is 0 Å². The highest BCUT2D eigenvalue weighted by molar-refractivity contribution is 6.51. The number of hydrogen-bond acceptors (Lipinski definition) is 5. The molecule has 4 aromatic rings. The van der Waals surface area contributed by atoms with E-state index in [2.05, 4.69) is 26.1 Å². The van der Waals surface area contributed by atoms with Crippen molar-refractivity contribution in [2.24, 2.45) is 0 Å². The van der Waals surface area contributed by atoms with E-state index in [1.165, 1.54) is 4.90 Å². The Morgan fingerprint density at radius 1 is 0.854 bits per heavy atom. The van der Waals surface area contributed by atoms with E-state index in [0.717, 1.165) is 28.1 Å². The first-order valence-electron chi connectivity index (χ1n) is 13.6. The topological polar surface area (TPSA) is 78.9 Å². The summed E-state index contributed by atoms with van der Waals surface area (Å²) in [5, 5.41) is 15.0. The van der Waals surface area contributed by atoms with Crippen molar-refractivity contribution in [1.82, 2.24) is 0 Å². The second kappa shape index (κ2) is 11.0. The lowest BCUT2D eigenvalue weighted by molar-refractivity contribution is -0.132. The van der Waals surface area contributed by atoms with Crippen LogP contribution in [0.25, 0.3) is 5.76 Å². The summed E-state index contributed by atoms with van der Waals surface area (Å²) in [4.78, 5) is 28.7. The average Bonchev–Trinajstić information content (AvgIpc) is 3.23. The number of nitrogens with zero attached hydrogens (tertiary/aromatic N) is 1. The number of ether oxygens (including phenoxy) is 1. The third-order valence-corrected chi connectivity index (χ3v) is 7.29. The van der Waals surface area contributed by atoms with Gasteiger partial charge in [0.1, 0.15) is 11.5 Å². The standard InChI is InChI=1S/C35H34N2O4/c1-22-10-9-11-23(20-22)31-30(32(38)24-14-19-29(41-5)28(21-24)35(2,3)4)33(39)34(40)37(31)27-17-15-26(16-18-27)36-25-12-7-6-8-13-25/h6-21,31,36,38H,1-5H3/b32-30-. The Morgan fingerprint density at radius 2 is 1.54 bits per heavy atom. The molecule has 0 aliphatic carbocycles. The van der Waals surface area contributed by atoms with Crippen molar-refractivity contribution in [3.05, 3.63) is 125 Å². The van der Waals surface area contributed by atoms with Crippen molar-refractivity contribution in [2.45, 2.75) is 39.2 Å². The number of ketones is 1. The molecule has 1 heterocycles. The van der Waals surface area contributed by atoms with E-state index in [1.807, 2.05) is 91.9 Å². The summed E-state index contributed by atoms with van der Waals surface area (Å²) in [5.41, 5.74) is 5.17. The highest BCUT2D eigenvalue weighted by Gasteiger charge is 2.47. The smallest absolute Gasteiger partial charge is 0.300 e. The van der Waals surface area contributed by atoms with Crippen LogP contribution < -0.4 is 15.0 Å². The van der Waals surface area contributed by atoms with Crippen LogP contribution in [0.15, 0.2) is 103 Å². The van der Waals surface area contributed by atoms with Gasteiger partial charge in [-0.25, -0.2) is 0 Å². The zero-order valence-electron chi connectivity index (χ0n) is 23.9. The molecular weight excluding hydrogens is 512 g/mol. The Hall–Kier alpha value is -4.84. The van der Waals surface area contributed by atoms with Gasteiger partial charge in [-0.2, -0.15) is 0 Å². The molecule has 208 valence electrons. The second-order valence-electron chi connectivity index (χ2n) is 11.3. The largest absolute Gasteiger partial charge is 0.507 e. The van der Waals surface area contributed by atoms with E-state index in [4.69, 9.17) is 4.74 Å². The average molecular weight is 547 g/mol. The molecular formula is C35H34N2O4. The number of para-hydroxylation sites is 1. The Balaban J connectivity index is 1.62. The van der Waals surface area contributed by atoms with Gasteiger partial charge in [0.15, 0.2) is 0 Å². The summed E-state index contributed by atoms with van der Waals surface area (Å²) >= 11 is 0. The van der Waals surface area contributed by atoms with Crippen molar-refractivity contribution < 1.29 is 19.4 Å². The maximum atomic E-state index is 13.6. The molecule has 4 aromatic carbocycles. The number of nitrogens with one attached hydrogen (secondary N) is 1. The monoisotopic (exact) mass is 546 g/mol. The van der Waals surface area contributed by atoms with E-state index >= 15 is 0 Å². The molecule has 0 aromatic heterocycles. The predicted molar refractivity (Wildman–Crippen MR) is 164 cm³/mol. The van der Waals surface area contributed by atoms with Gasteiger partial charge in [-0.15, -0.1) is 0 Å². The first-order chi connectivity index (χ1) is 19.6. The lowest BCUT2D eigenvalue weighted by Gasteiger charge is -2.26. The quantitative estimate of drug-likeness (QED) is 0.147. The number of anilines is 3. The van der Waals surface area contributed by atoms with E-state index in [-0.39, 0.29) is 16.7 Å². The molecule has 41 heavy (non-hydrogen) atoms. The van der Waals surface area contributed by atoms with Crippen LogP contribution in [0.5, 0.6) is 5.75 Å². The third kappa shape index (κ3) is 5.46. The van der Waals surface area contributed by atoms with Gasteiger partial charge in [0, 0.05) is 28.2 Å². The number of aliphatic hydroxyl groups excluding tert-OH is 1. The Kier molecular flexibility index (Phi) is 7.41. The summed E-state index contributed by atoms with van der Waals surface area (Å²) in [7, 11) is 1.61. The van der Waals surface area contributed by atoms with Crippen molar-refractivity contribution in [2.75, 3.05) is 17.3 Å². The molecule has 6 nitrogen and oxygen atoms in total. The SMILES string of the molecule is COc1ccc(/C(O)=C2/C(=O)C(=O)N(c3ccc(Nc4ccccc4)cc3)C2c2cccc(C)c2)cc1C(C)(C)C. The van der Waals surface area contributed by atoms with Crippen LogP contribution in [0, 0.1) is 6.92 Å². The number of amides is 1. The van der Waals surface area contributed by atoms with Gasteiger partial charge in [0.05, 0.1) is 18.7 Å². The molecule has 6 heteroatoms. The van der Waals surface area contributed by atoms with Crippen molar-refractivity contribution in [3.8, 4) is 5.75 Å². The van der Waals surface area contributed by atoms with Crippen molar-refractivity contribution in [3.63, 3.8) is 0 Å². The fourth-order valence-corrected chi connectivity index (χ4v) is 5.24. The third-order valence-electron chi connectivity index (χ3n) is 7.29. The summed E-state index contributed by atoms with van der Waals surface area (Å²) in [6, 6.07) is 29.3. The highest BCUT2D eigenvalue weighted by atomic mass is 16.5. The van der Waals surface area contributed by atoms with Crippen LogP contribution in [-0.2, 0) is 15.0 Å². The molecule has 1 aliphatic heterocycles. The van der Waals surface area contributed by atoms with Gasteiger partial charge in [-0.05, 0) is 72.5 Å². The van der Waals surface area contributed by atoms with Crippen LogP contribution in [0.4, 0.5) is 17.1 Å². The summed E-state index contributed by atoms with van der Waals surface area (Å²) in [5.74, 6) is -0.943. The number of methoxy groups -OCH3 is 1. The van der Waals surface area contributed by atoms with Gasteiger partial charge < -0.3 is 15.2 Å². The predicted octanol–water partition coefficient (Wildman–Crippen LogP) is 7.67. The van der Waals surface area contributed by atoms with E-state index in [9.17, 15) is 14.7 Å². The first-order valence-corrected chi connectivity index (χ1v) is 13.6. The molecule has 5 rings (SSSR count). The van der Waals surface area contributed by atoms with Crippen molar-refractivity contribution >= 4 is 34.5 Å². The highest BCUT2D eigenvalue weighted by Crippen LogP contribution is 2.43. The van der Waals surface area contributed by atoms with Crippen LogP contribution in [0.2, 0.25) is 0 Å². The van der Waals surface area contributed by atoms with E-state index in [0.29, 0.717) is 17.0 Å². The van der Waals surface area contributed by atoms with Crippen LogP contribution >= 0.6 is 0 Å². The number of aliphatic hydroxyl groups is 1. The van der Waals surface area contributed by atoms with Gasteiger partial charge in [0.25, 0.3) is 11.7 Å². The van der Waals surface area contributed by atoms with Gasteiger partial charge in [-0.3, -0.25) is 14.5 Å². The van der Waals surface area contributed by atoms with Gasteiger partial charge in [0.2, 0.25) is 0 Å². The molecule has 1 amide bonds. The minimum absolute atomic E-state index is 0.0529. The normalized spacial score (nSPS) is 16.6. The van der Waals surface area contributed by atoms with E-state index in [1.54, 1.807) is 19.2 Å².